The molecule has 6 heteroatoms. The molecule has 1 rings (SSSR count). The normalized spacial score (nSPS) is 12.2. The minimum atomic E-state index is -1.01. The number of carbonyl (C=O) groups excluding carboxylic acids is 1. The van der Waals surface area contributed by atoms with Crippen LogP contribution < -0.4 is 11.1 Å². The molecule has 0 spiro atoms. The van der Waals surface area contributed by atoms with E-state index in [9.17, 15) is 9.59 Å². The maximum atomic E-state index is 12.1. The van der Waals surface area contributed by atoms with Crippen molar-refractivity contribution in [1.29, 1.82) is 0 Å². The zero-order chi connectivity index (χ0) is 15.3. The number of benzene rings is 1. The van der Waals surface area contributed by atoms with Crippen LogP contribution in [-0.2, 0) is 4.79 Å². The third kappa shape index (κ3) is 4.61. The number of amides is 1. The van der Waals surface area contributed by atoms with Gasteiger partial charge in [-0.25, -0.2) is 4.79 Å². The predicted octanol–water partition coefficient (Wildman–Crippen LogP) is 2.71. The van der Waals surface area contributed by atoms with Gasteiger partial charge in [0.1, 0.15) is 0 Å². The van der Waals surface area contributed by atoms with E-state index in [2.05, 4.69) is 21.2 Å². The molecule has 0 saturated carbocycles. The average Bonchev–Trinajstić information content (AvgIpc) is 2.37. The Bertz CT molecular complexity index is 503. The first-order valence-electron chi connectivity index (χ1n) is 6.39. The lowest BCUT2D eigenvalue weighted by molar-refractivity contribution is -0.120. The minimum absolute atomic E-state index is 0.148. The van der Waals surface area contributed by atoms with Crippen LogP contribution in [-0.4, -0.2) is 23.5 Å². The summed E-state index contributed by atoms with van der Waals surface area (Å²) >= 11 is 3.26. The molecule has 20 heavy (non-hydrogen) atoms. The molecular weight excluding hydrogens is 324 g/mol. The van der Waals surface area contributed by atoms with E-state index in [0.717, 1.165) is 0 Å². The van der Waals surface area contributed by atoms with Gasteiger partial charge in [0, 0.05) is 11.0 Å². The van der Waals surface area contributed by atoms with E-state index in [-0.39, 0.29) is 23.9 Å². The number of nitrogens with one attached hydrogen (secondary N) is 1. The summed E-state index contributed by atoms with van der Waals surface area (Å²) in [7, 11) is 0. The van der Waals surface area contributed by atoms with E-state index in [1.54, 1.807) is 6.07 Å². The number of halogens is 1. The highest BCUT2D eigenvalue weighted by Gasteiger charge is 2.19. The van der Waals surface area contributed by atoms with Gasteiger partial charge in [-0.05, 0) is 46.5 Å². The van der Waals surface area contributed by atoms with E-state index in [4.69, 9.17) is 10.8 Å². The Morgan fingerprint density at radius 1 is 1.40 bits per heavy atom. The number of nitrogens with two attached hydrogens (primary N) is 1. The Labute approximate surface area is 126 Å². The molecule has 1 amide bonds. The van der Waals surface area contributed by atoms with E-state index < -0.39 is 5.97 Å². The Kier molecular flexibility index (Phi) is 6.16. The summed E-state index contributed by atoms with van der Waals surface area (Å²) in [6, 6.07) is 4.47. The van der Waals surface area contributed by atoms with Crippen molar-refractivity contribution in [2.75, 3.05) is 11.9 Å². The van der Waals surface area contributed by atoms with Crippen molar-refractivity contribution in [3.63, 3.8) is 0 Å². The van der Waals surface area contributed by atoms with Crippen molar-refractivity contribution in [3.8, 4) is 0 Å². The maximum absolute atomic E-state index is 12.1. The second-order valence-electron chi connectivity index (χ2n) is 5.05. The summed E-state index contributed by atoms with van der Waals surface area (Å²) in [5.74, 6) is -1.03. The van der Waals surface area contributed by atoms with E-state index in [0.29, 0.717) is 22.5 Å². The Hall–Kier alpha value is -1.40. The fraction of sp³-hybridized carbons (Fsp3) is 0.429. The number of rotatable bonds is 6. The summed E-state index contributed by atoms with van der Waals surface area (Å²) in [6.45, 7) is 4.36. The lowest BCUT2D eigenvalue weighted by Crippen LogP contribution is -2.30. The molecule has 1 atom stereocenters. The van der Waals surface area contributed by atoms with Gasteiger partial charge in [-0.1, -0.05) is 13.8 Å². The number of carbonyl (C=O) groups is 2. The predicted molar refractivity (Wildman–Crippen MR) is 81.7 cm³/mol. The van der Waals surface area contributed by atoms with Crippen molar-refractivity contribution >= 4 is 33.5 Å². The lowest BCUT2D eigenvalue weighted by atomic mass is 9.96. The standard InChI is InChI=1S/C14H19BrN2O3/c1-8(2)5-10(7-16)13(18)17-12-4-3-9(14(19)20)6-11(12)15/h3-4,6,8,10H,5,7,16H2,1-2H3,(H,17,18)(H,19,20). The zero-order valence-corrected chi connectivity index (χ0v) is 13.1. The van der Waals surface area contributed by atoms with Gasteiger partial charge in [0.05, 0.1) is 17.2 Å². The van der Waals surface area contributed by atoms with Crippen molar-refractivity contribution < 1.29 is 14.7 Å². The van der Waals surface area contributed by atoms with Crippen molar-refractivity contribution in [3.05, 3.63) is 28.2 Å². The summed E-state index contributed by atoms with van der Waals surface area (Å²) < 4.78 is 0.533. The van der Waals surface area contributed by atoms with Gasteiger partial charge in [-0.15, -0.1) is 0 Å². The molecule has 5 nitrogen and oxygen atoms in total. The third-order valence-electron chi connectivity index (χ3n) is 2.89. The molecule has 0 aliphatic heterocycles. The van der Waals surface area contributed by atoms with Crippen LogP contribution in [0.25, 0.3) is 0 Å². The van der Waals surface area contributed by atoms with E-state index in [1.165, 1.54) is 12.1 Å². The monoisotopic (exact) mass is 342 g/mol. The molecule has 1 unspecified atom stereocenters. The van der Waals surface area contributed by atoms with Gasteiger partial charge >= 0.3 is 5.97 Å². The van der Waals surface area contributed by atoms with Crippen molar-refractivity contribution in [2.24, 2.45) is 17.6 Å². The average molecular weight is 343 g/mol. The molecule has 0 aromatic heterocycles. The van der Waals surface area contributed by atoms with Crippen LogP contribution in [0.3, 0.4) is 0 Å². The molecule has 0 bridgehead atoms. The Balaban J connectivity index is 2.82. The summed E-state index contributed by atoms with van der Waals surface area (Å²) in [5, 5.41) is 11.7. The van der Waals surface area contributed by atoms with Gasteiger partial charge in [-0.2, -0.15) is 0 Å². The largest absolute Gasteiger partial charge is 0.478 e. The van der Waals surface area contributed by atoms with Crippen LogP contribution in [0.15, 0.2) is 22.7 Å². The molecule has 0 aliphatic rings. The molecule has 4 N–H and O–H groups in total. The van der Waals surface area contributed by atoms with Crippen LogP contribution >= 0.6 is 15.9 Å². The molecule has 1 aromatic rings. The molecule has 0 aliphatic carbocycles. The highest BCUT2D eigenvalue weighted by atomic mass is 79.9. The van der Waals surface area contributed by atoms with Crippen molar-refractivity contribution in [1.82, 2.24) is 0 Å². The second kappa shape index (κ2) is 7.40. The SMILES string of the molecule is CC(C)CC(CN)C(=O)Nc1ccc(C(=O)O)cc1Br. The smallest absolute Gasteiger partial charge is 0.335 e. The number of carboxylic acid groups (broad SMARTS) is 1. The Morgan fingerprint density at radius 3 is 2.50 bits per heavy atom. The van der Waals surface area contributed by atoms with E-state index >= 15 is 0 Å². The van der Waals surface area contributed by atoms with E-state index in [1.807, 2.05) is 13.8 Å². The lowest BCUT2D eigenvalue weighted by Gasteiger charge is -2.17. The molecular formula is C14H19BrN2O3. The molecule has 0 radical (unpaired) electrons. The molecule has 0 fully saturated rings. The molecule has 1 aromatic carbocycles. The van der Waals surface area contributed by atoms with Gasteiger partial charge < -0.3 is 16.2 Å². The van der Waals surface area contributed by atoms with Crippen LogP contribution in [0, 0.1) is 11.8 Å². The number of anilines is 1. The van der Waals surface area contributed by atoms with Crippen LogP contribution in [0.1, 0.15) is 30.6 Å². The van der Waals surface area contributed by atoms with Crippen LogP contribution in [0.5, 0.6) is 0 Å². The molecule has 110 valence electrons. The zero-order valence-electron chi connectivity index (χ0n) is 11.5. The van der Waals surface area contributed by atoms with Gasteiger partial charge in [0.2, 0.25) is 5.91 Å². The van der Waals surface area contributed by atoms with Crippen LogP contribution in [0.2, 0.25) is 0 Å². The minimum Gasteiger partial charge on any atom is -0.478 e. The summed E-state index contributed by atoms with van der Waals surface area (Å²) in [4.78, 5) is 23.0. The summed E-state index contributed by atoms with van der Waals surface area (Å²) in [5.41, 5.74) is 6.33. The van der Waals surface area contributed by atoms with Crippen molar-refractivity contribution in [2.45, 2.75) is 20.3 Å². The van der Waals surface area contributed by atoms with Crippen LogP contribution in [0.4, 0.5) is 5.69 Å². The quantitative estimate of drug-likeness (QED) is 0.740. The first-order valence-corrected chi connectivity index (χ1v) is 7.18. The Morgan fingerprint density at radius 2 is 2.05 bits per heavy atom. The number of aromatic carboxylic acids is 1. The van der Waals surface area contributed by atoms with Gasteiger partial charge in [0.25, 0.3) is 0 Å². The van der Waals surface area contributed by atoms with Gasteiger partial charge in [0.15, 0.2) is 0 Å². The second-order valence-corrected chi connectivity index (χ2v) is 5.91. The molecule has 0 saturated heterocycles. The topological polar surface area (TPSA) is 92.4 Å². The first kappa shape index (κ1) is 16.7. The number of hydrogen-bond donors (Lipinski definition) is 3. The highest BCUT2D eigenvalue weighted by Crippen LogP contribution is 2.25. The third-order valence-corrected chi connectivity index (χ3v) is 3.54. The first-order chi connectivity index (χ1) is 9.35. The number of carboxylic acids is 1. The molecule has 0 heterocycles. The highest BCUT2D eigenvalue weighted by molar-refractivity contribution is 9.10. The summed E-state index contributed by atoms with van der Waals surface area (Å²) in [6.07, 6.45) is 0.715. The maximum Gasteiger partial charge on any atom is 0.335 e. The fourth-order valence-electron chi connectivity index (χ4n) is 1.86. The fourth-order valence-corrected chi connectivity index (χ4v) is 2.34. The number of hydrogen-bond acceptors (Lipinski definition) is 3. The van der Waals surface area contributed by atoms with Gasteiger partial charge in [-0.3, -0.25) is 4.79 Å².